The summed E-state index contributed by atoms with van der Waals surface area (Å²) in [5.74, 6) is -2.86. The monoisotopic (exact) mass is 467 g/mol. The number of benzene rings is 2. The Bertz CT molecular complexity index is 1100. The maximum atomic E-state index is 13.8. The van der Waals surface area contributed by atoms with Gasteiger partial charge in [0.2, 0.25) is 0 Å². The molecular weight excluding hydrogens is 455 g/mol. The molecule has 2 aromatic carbocycles. The molecule has 1 heterocycles. The van der Waals surface area contributed by atoms with E-state index in [1.165, 1.54) is 35.6 Å². The second-order valence-corrected chi connectivity index (χ2v) is 7.16. The van der Waals surface area contributed by atoms with Gasteiger partial charge in [-0.05, 0) is 24.3 Å². The summed E-state index contributed by atoms with van der Waals surface area (Å²) in [5.41, 5.74) is -5.88. The second kappa shape index (κ2) is 7.87. The van der Waals surface area contributed by atoms with Gasteiger partial charge in [-0.3, -0.25) is 4.79 Å². The number of thiazole rings is 1. The quantitative estimate of drug-likeness (QED) is 0.405. The topological polar surface area (TPSA) is 63.2 Å². The van der Waals surface area contributed by atoms with E-state index < -0.39 is 46.0 Å². The molecular formula is C18H12F7N3O2S. The predicted molar refractivity (Wildman–Crippen MR) is 98.5 cm³/mol. The van der Waals surface area contributed by atoms with E-state index in [0.29, 0.717) is 11.3 Å². The summed E-state index contributed by atoms with van der Waals surface area (Å²) in [6.45, 7) is 0. The summed E-state index contributed by atoms with van der Waals surface area (Å²) in [5, 5.41) is 1.35. The molecule has 5 nitrogen and oxygen atoms in total. The number of ether oxygens (including phenoxy) is 1. The van der Waals surface area contributed by atoms with Gasteiger partial charge in [-0.1, -0.05) is 29.5 Å². The molecule has 0 aliphatic rings. The number of para-hydroxylation sites is 2. The molecule has 0 aliphatic carbocycles. The van der Waals surface area contributed by atoms with Gasteiger partial charge in [0.05, 0.1) is 17.4 Å². The van der Waals surface area contributed by atoms with Gasteiger partial charge in [-0.2, -0.15) is 26.3 Å². The van der Waals surface area contributed by atoms with Gasteiger partial charge in [0, 0.05) is 0 Å². The van der Waals surface area contributed by atoms with Crippen molar-refractivity contribution in [3.63, 3.8) is 0 Å². The standard InChI is InChI=1S/C18H12F7N3O2S/c1-30-11-7-3-2-5-9(11)14(29)27-16(17(20,21)22,18(23,24)25)28-15-26-13-10(19)6-4-8-12(13)31-15/h2-8H,1H3,(H,26,28)(H,27,29). The summed E-state index contributed by atoms with van der Waals surface area (Å²) >= 11 is 0.363. The molecule has 0 saturated heterocycles. The summed E-state index contributed by atoms with van der Waals surface area (Å²) in [6, 6.07) is 8.27. The number of hydrogen-bond acceptors (Lipinski definition) is 5. The lowest BCUT2D eigenvalue weighted by molar-refractivity contribution is -0.294. The number of aromatic nitrogens is 1. The molecule has 1 aromatic heterocycles. The average molecular weight is 467 g/mol. The molecule has 13 heteroatoms. The van der Waals surface area contributed by atoms with Crippen LogP contribution in [0.25, 0.3) is 10.2 Å². The lowest BCUT2D eigenvalue weighted by Gasteiger charge is -2.38. The number of carbonyl (C=O) groups excluding carboxylic acids is 1. The van der Waals surface area contributed by atoms with Gasteiger partial charge in [0.15, 0.2) is 5.13 Å². The zero-order chi connectivity index (χ0) is 23.0. The highest BCUT2D eigenvalue weighted by Gasteiger charge is 2.73. The third-order valence-corrected chi connectivity index (χ3v) is 5.10. The van der Waals surface area contributed by atoms with Crippen molar-refractivity contribution in [3.8, 4) is 5.75 Å². The molecule has 3 aromatic rings. The summed E-state index contributed by atoms with van der Waals surface area (Å²) in [6.07, 6.45) is -12.1. The average Bonchev–Trinajstić information content (AvgIpc) is 3.09. The number of alkyl halides is 6. The van der Waals surface area contributed by atoms with Crippen LogP contribution in [-0.2, 0) is 0 Å². The number of rotatable bonds is 5. The summed E-state index contributed by atoms with van der Waals surface area (Å²) in [7, 11) is 1.10. The van der Waals surface area contributed by atoms with Crippen molar-refractivity contribution in [2.24, 2.45) is 0 Å². The molecule has 0 saturated carbocycles. The Morgan fingerprint density at radius 3 is 2.23 bits per heavy atom. The minimum Gasteiger partial charge on any atom is -0.496 e. The van der Waals surface area contributed by atoms with Gasteiger partial charge in [-0.25, -0.2) is 9.37 Å². The lowest BCUT2D eigenvalue weighted by atomic mass is 10.1. The van der Waals surface area contributed by atoms with Crippen molar-refractivity contribution >= 4 is 32.6 Å². The van der Waals surface area contributed by atoms with Crippen LogP contribution in [-0.4, -0.2) is 36.0 Å². The molecule has 166 valence electrons. The normalized spacial score (nSPS) is 12.6. The number of amides is 1. The fraction of sp³-hybridized carbons (Fsp3) is 0.222. The smallest absolute Gasteiger partial charge is 0.439 e. The number of halogens is 7. The Balaban J connectivity index is 2.10. The predicted octanol–water partition coefficient (Wildman–Crippen LogP) is 5.11. The van der Waals surface area contributed by atoms with E-state index in [1.54, 1.807) is 0 Å². The van der Waals surface area contributed by atoms with E-state index in [0.717, 1.165) is 24.6 Å². The van der Waals surface area contributed by atoms with Crippen molar-refractivity contribution in [2.45, 2.75) is 18.0 Å². The van der Waals surface area contributed by atoms with Gasteiger partial charge in [-0.15, -0.1) is 0 Å². The van der Waals surface area contributed by atoms with Gasteiger partial charge >= 0.3 is 18.0 Å². The van der Waals surface area contributed by atoms with Gasteiger partial charge in [0.1, 0.15) is 17.1 Å². The number of nitrogens with zero attached hydrogens (tertiary/aromatic N) is 1. The maximum absolute atomic E-state index is 13.8. The zero-order valence-corrected chi connectivity index (χ0v) is 16.2. The first-order valence-corrected chi connectivity index (χ1v) is 9.13. The van der Waals surface area contributed by atoms with Crippen LogP contribution in [0.5, 0.6) is 5.75 Å². The van der Waals surface area contributed by atoms with E-state index in [4.69, 9.17) is 4.74 Å². The molecule has 1 amide bonds. The van der Waals surface area contributed by atoms with Crippen molar-refractivity contribution in [1.29, 1.82) is 0 Å². The van der Waals surface area contributed by atoms with Crippen molar-refractivity contribution < 1.29 is 40.3 Å². The SMILES string of the molecule is COc1ccccc1C(=O)NC(Nc1nc2c(F)cccc2s1)(C(F)(F)F)C(F)(F)F. The molecule has 31 heavy (non-hydrogen) atoms. The molecule has 0 aliphatic heterocycles. The van der Waals surface area contributed by atoms with E-state index in [-0.39, 0.29) is 10.4 Å². The van der Waals surface area contributed by atoms with Crippen LogP contribution in [0.4, 0.5) is 35.9 Å². The zero-order valence-electron chi connectivity index (χ0n) is 15.4. The highest BCUT2D eigenvalue weighted by molar-refractivity contribution is 7.22. The number of anilines is 1. The van der Waals surface area contributed by atoms with Crippen LogP contribution in [0.3, 0.4) is 0 Å². The summed E-state index contributed by atoms with van der Waals surface area (Å²) < 4.78 is 102. The fourth-order valence-corrected chi connectivity index (χ4v) is 3.61. The highest BCUT2D eigenvalue weighted by Crippen LogP contribution is 2.45. The minimum atomic E-state index is -6.06. The molecule has 3 rings (SSSR count). The lowest BCUT2D eigenvalue weighted by Crippen LogP contribution is -2.72. The third kappa shape index (κ3) is 4.09. The largest absolute Gasteiger partial charge is 0.496 e. The van der Waals surface area contributed by atoms with Crippen LogP contribution in [0, 0.1) is 5.82 Å². The molecule has 0 fully saturated rings. The number of carbonyl (C=O) groups is 1. The number of methoxy groups -OCH3 is 1. The molecule has 0 atom stereocenters. The third-order valence-electron chi connectivity index (χ3n) is 4.17. The Kier molecular flexibility index (Phi) is 5.74. The van der Waals surface area contributed by atoms with Crippen molar-refractivity contribution in [3.05, 3.63) is 53.8 Å². The molecule has 0 spiro atoms. The Labute approximate surface area is 173 Å². The first kappa shape index (κ1) is 22.6. The van der Waals surface area contributed by atoms with Crippen LogP contribution >= 0.6 is 11.3 Å². The Morgan fingerprint density at radius 2 is 1.65 bits per heavy atom. The number of fused-ring (bicyclic) bond motifs is 1. The van der Waals surface area contributed by atoms with Crippen LogP contribution in [0.15, 0.2) is 42.5 Å². The molecule has 0 radical (unpaired) electrons. The first-order valence-electron chi connectivity index (χ1n) is 8.32. The Hall–Kier alpha value is -3.09. The van der Waals surface area contributed by atoms with E-state index >= 15 is 0 Å². The van der Waals surface area contributed by atoms with Crippen molar-refractivity contribution in [2.75, 3.05) is 12.4 Å². The highest BCUT2D eigenvalue weighted by atomic mass is 32.1. The minimum absolute atomic E-state index is 0.0109. The van der Waals surface area contributed by atoms with Gasteiger partial charge in [0.25, 0.3) is 5.91 Å². The number of hydrogen-bond donors (Lipinski definition) is 2. The first-order chi connectivity index (χ1) is 14.4. The van der Waals surface area contributed by atoms with Crippen LogP contribution in [0.1, 0.15) is 10.4 Å². The van der Waals surface area contributed by atoms with Crippen LogP contribution < -0.4 is 15.4 Å². The maximum Gasteiger partial charge on any atom is 0.439 e. The fourth-order valence-electron chi connectivity index (χ4n) is 2.67. The van der Waals surface area contributed by atoms with E-state index in [9.17, 15) is 35.5 Å². The molecule has 0 bridgehead atoms. The van der Waals surface area contributed by atoms with E-state index in [1.807, 2.05) is 0 Å². The Morgan fingerprint density at radius 1 is 1.00 bits per heavy atom. The van der Waals surface area contributed by atoms with Gasteiger partial charge < -0.3 is 15.4 Å². The van der Waals surface area contributed by atoms with Crippen LogP contribution in [0.2, 0.25) is 0 Å². The molecule has 0 unspecified atom stereocenters. The van der Waals surface area contributed by atoms with E-state index in [2.05, 4.69) is 4.98 Å². The summed E-state index contributed by atoms with van der Waals surface area (Å²) in [4.78, 5) is 15.9. The second-order valence-electron chi connectivity index (χ2n) is 6.13. The van der Waals surface area contributed by atoms with Crippen molar-refractivity contribution in [1.82, 2.24) is 10.3 Å². The number of nitrogens with one attached hydrogen (secondary N) is 2. The molecule has 2 N–H and O–H groups in total.